The van der Waals surface area contributed by atoms with Gasteiger partial charge in [-0.05, 0) is 26.9 Å². The summed E-state index contributed by atoms with van der Waals surface area (Å²) in [6, 6.07) is 0. The van der Waals surface area contributed by atoms with Gasteiger partial charge in [-0.1, -0.05) is 6.92 Å². The lowest BCUT2D eigenvalue weighted by molar-refractivity contribution is -0.121. The maximum atomic E-state index is 10.9. The van der Waals surface area contributed by atoms with Gasteiger partial charge in [-0.3, -0.25) is 9.69 Å². The van der Waals surface area contributed by atoms with Gasteiger partial charge in [0.05, 0.1) is 5.54 Å². The number of aldehydes is 1. The first-order valence-electron chi connectivity index (χ1n) is 4.40. The molecule has 1 amide bonds. The van der Waals surface area contributed by atoms with E-state index < -0.39 is 5.54 Å². The van der Waals surface area contributed by atoms with Gasteiger partial charge in [0.2, 0.25) is 5.91 Å². The smallest absolute Gasteiger partial charge is 0.217 e. The molecular formula is C9H18N2O2. The highest BCUT2D eigenvalue weighted by atomic mass is 16.1. The van der Waals surface area contributed by atoms with Crippen LogP contribution in [0.15, 0.2) is 0 Å². The lowest BCUT2D eigenvalue weighted by Gasteiger charge is -2.33. The normalized spacial score (nSPS) is 15.4. The topological polar surface area (TPSA) is 63.4 Å². The fourth-order valence-electron chi connectivity index (χ4n) is 1.30. The molecule has 76 valence electrons. The number of amides is 1. The summed E-state index contributed by atoms with van der Waals surface area (Å²) in [7, 11) is 3.66. The zero-order valence-corrected chi connectivity index (χ0v) is 8.54. The summed E-state index contributed by atoms with van der Waals surface area (Å²) in [5, 5.41) is 0. The number of primary amides is 1. The number of hydrogen-bond donors (Lipinski definition) is 1. The Balaban J connectivity index is 4.39. The molecule has 4 heteroatoms. The molecule has 0 saturated carbocycles. The van der Waals surface area contributed by atoms with Gasteiger partial charge in [-0.25, -0.2) is 0 Å². The first kappa shape index (κ1) is 12.1. The van der Waals surface area contributed by atoms with E-state index in [9.17, 15) is 9.59 Å². The molecule has 0 radical (unpaired) electrons. The van der Waals surface area contributed by atoms with Crippen LogP contribution < -0.4 is 5.73 Å². The number of hydrogen-bond acceptors (Lipinski definition) is 3. The molecule has 0 saturated heterocycles. The third kappa shape index (κ3) is 3.14. The lowest BCUT2D eigenvalue weighted by atomic mass is 9.90. The second kappa shape index (κ2) is 4.97. The largest absolute Gasteiger partial charge is 0.370 e. The highest BCUT2D eigenvalue weighted by Gasteiger charge is 2.30. The predicted octanol–water partition coefficient (Wildman–Crippen LogP) is 0.161. The van der Waals surface area contributed by atoms with E-state index >= 15 is 0 Å². The van der Waals surface area contributed by atoms with Crippen LogP contribution in [0.25, 0.3) is 0 Å². The summed E-state index contributed by atoms with van der Waals surface area (Å²) in [5.41, 5.74) is 4.50. The van der Waals surface area contributed by atoms with Crippen LogP contribution in [-0.4, -0.2) is 36.7 Å². The van der Waals surface area contributed by atoms with Crippen LogP contribution in [0.1, 0.15) is 26.2 Å². The van der Waals surface area contributed by atoms with E-state index in [4.69, 9.17) is 5.73 Å². The molecule has 0 unspecified atom stereocenters. The van der Waals surface area contributed by atoms with E-state index in [1.807, 2.05) is 25.9 Å². The molecule has 0 aliphatic carbocycles. The number of carbonyl (C=O) groups is 2. The number of carbonyl (C=O) groups excluding carboxylic acids is 2. The standard InChI is InChI=1S/C9H18N2O2/c1-4-9(7-12,11(2)3)6-5-8(10)13/h7H,4-6H2,1-3H3,(H2,10,13)/t9-/m0/s1. The van der Waals surface area contributed by atoms with Crippen LogP contribution in [0.5, 0.6) is 0 Å². The predicted molar refractivity (Wildman–Crippen MR) is 51.2 cm³/mol. The van der Waals surface area contributed by atoms with Crippen LogP contribution in [0.2, 0.25) is 0 Å². The lowest BCUT2D eigenvalue weighted by Crippen LogP contribution is -2.45. The molecule has 0 aliphatic heterocycles. The summed E-state index contributed by atoms with van der Waals surface area (Å²) in [5.74, 6) is -0.360. The number of rotatable bonds is 6. The molecule has 0 aliphatic rings. The minimum atomic E-state index is -0.533. The minimum absolute atomic E-state index is 0.255. The van der Waals surface area contributed by atoms with Crippen molar-refractivity contribution in [1.82, 2.24) is 4.90 Å². The Morgan fingerprint density at radius 2 is 2.08 bits per heavy atom. The van der Waals surface area contributed by atoms with Crippen molar-refractivity contribution in [2.45, 2.75) is 31.7 Å². The number of likely N-dealkylation sites (N-methyl/N-ethyl adjacent to an activating group) is 1. The van der Waals surface area contributed by atoms with Crippen molar-refractivity contribution in [2.24, 2.45) is 5.73 Å². The third-order valence-electron chi connectivity index (χ3n) is 2.53. The van der Waals surface area contributed by atoms with E-state index in [1.165, 1.54) is 0 Å². The van der Waals surface area contributed by atoms with Crippen molar-refractivity contribution in [3.63, 3.8) is 0 Å². The monoisotopic (exact) mass is 186 g/mol. The average molecular weight is 186 g/mol. The quantitative estimate of drug-likeness (QED) is 0.601. The maximum Gasteiger partial charge on any atom is 0.217 e. The molecule has 0 rings (SSSR count). The first-order chi connectivity index (χ1) is 5.98. The third-order valence-corrected chi connectivity index (χ3v) is 2.53. The van der Waals surface area contributed by atoms with Gasteiger partial charge >= 0.3 is 0 Å². The molecule has 0 aromatic heterocycles. The molecule has 0 spiro atoms. The Labute approximate surface area is 79.1 Å². The van der Waals surface area contributed by atoms with E-state index in [0.29, 0.717) is 12.8 Å². The van der Waals surface area contributed by atoms with E-state index in [0.717, 1.165) is 6.29 Å². The van der Waals surface area contributed by atoms with Gasteiger partial charge in [-0.2, -0.15) is 0 Å². The van der Waals surface area contributed by atoms with Gasteiger partial charge in [0.15, 0.2) is 0 Å². The van der Waals surface area contributed by atoms with Crippen LogP contribution in [0, 0.1) is 0 Å². The minimum Gasteiger partial charge on any atom is -0.370 e. The molecular weight excluding hydrogens is 168 g/mol. The fourth-order valence-corrected chi connectivity index (χ4v) is 1.30. The Bertz CT molecular complexity index is 192. The average Bonchev–Trinajstić information content (AvgIpc) is 2.06. The Kier molecular flexibility index (Phi) is 4.62. The molecule has 1 atom stereocenters. The zero-order valence-electron chi connectivity index (χ0n) is 8.54. The van der Waals surface area contributed by atoms with Crippen molar-refractivity contribution in [3.8, 4) is 0 Å². The molecule has 0 aromatic carbocycles. The Hall–Kier alpha value is -0.900. The summed E-state index contributed by atoms with van der Waals surface area (Å²) in [6.07, 6.45) is 2.34. The van der Waals surface area contributed by atoms with Crippen molar-refractivity contribution in [1.29, 1.82) is 0 Å². The molecule has 0 bridgehead atoms. The molecule has 0 heterocycles. The van der Waals surface area contributed by atoms with Crippen LogP contribution in [0.4, 0.5) is 0 Å². The van der Waals surface area contributed by atoms with Crippen molar-refractivity contribution >= 4 is 12.2 Å². The summed E-state index contributed by atoms with van der Waals surface area (Å²) in [6.45, 7) is 1.93. The second-order valence-electron chi connectivity index (χ2n) is 3.44. The molecule has 2 N–H and O–H groups in total. The van der Waals surface area contributed by atoms with E-state index in [2.05, 4.69) is 0 Å². The highest BCUT2D eigenvalue weighted by molar-refractivity contribution is 5.75. The van der Waals surface area contributed by atoms with E-state index in [1.54, 1.807) is 0 Å². The maximum absolute atomic E-state index is 10.9. The van der Waals surface area contributed by atoms with Crippen LogP contribution in [0.3, 0.4) is 0 Å². The van der Waals surface area contributed by atoms with Gasteiger partial charge in [0.1, 0.15) is 6.29 Å². The van der Waals surface area contributed by atoms with Gasteiger partial charge < -0.3 is 10.5 Å². The van der Waals surface area contributed by atoms with E-state index in [-0.39, 0.29) is 12.3 Å². The molecule has 0 aromatic rings. The van der Waals surface area contributed by atoms with Crippen LogP contribution >= 0.6 is 0 Å². The van der Waals surface area contributed by atoms with Gasteiger partial charge in [0, 0.05) is 6.42 Å². The van der Waals surface area contributed by atoms with Crippen molar-refractivity contribution in [2.75, 3.05) is 14.1 Å². The van der Waals surface area contributed by atoms with Crippen LogP contribution in [-0.2, 0) is 9.59 Å². The summed E-state index contributed by atoms with van der Waals surface area (Å²) in [4.78, 5) is 23.3. The SMILES string of the molecule is CC[C@@](C=O)(CCC(N)=O)N(C)C. The van der Waals surface area contributed by atoms with Gasteiger partial charge in [-0.15, -0.1) is 0 Å². The molecule has 0 fully saturated rings. The van der Waals surface area contributed by atoms with Crippen molar-refractivity contribution < 1.29 is 9.59 Å². The number of nitrogens with zero attached hydrogens (tertiary/aromatic N) is 1. The summed E-state index contributed by atoms with van der Waals surface area (Å²) < 4.78 is 0. The summed E-state index contributed by atoms with van der Waals surface area (Å²) >= 11 is 0. The highest BCUT2D eigenvalue weighted by Crippen LogP contribution is 2.20. The second-order valence-corrected chi connectivity index (χ2v) is 3.44. The Morgan fingerprint density at radius 3 is 2.31 bits per heavy atom. The molecule has 4 nitrogen and oxygen atoms in total. The van der Waals surface area contributed by atoms with Crippen molar-refractivity contribution in [3.05, 3.63) is 0 Å². The number of nitrogens with two attached hydrogens (primary N) is 1. The first-order valence-corrected chi connectivity index (χ1v) is 4.40. The Morgan fingerprint density at radius 1 is 1.54 bits per heavy atom. The van der Waals surface area contributed by atoms with Gasteiger partial charge in [0.25, 0.3) is 0 Å². The fraction of sp³-hybridized carbons (Fsp3) is 0.778. The zero-order chi connectivity index (χ0) is 10.5. The molecule has 13 heavy (non-hydrogen) atoms.